The molecule has 0 bridgehead atoms. The van der Waals surface area contributed by atoms with E-state index in [0.717, 1.165) is 32.4 Å². The molecule has 1 fully saturated rings. The minimum Gasteiger partial charge on any atom is -0.359 e. The first-order valence-corrected chi connectivity index (χ1v) is 5.91. The summed E-state index contributed by atoms with van der Waals surface area (Å²) in [4.78, 5) is 14.3. The van der Waals surface area contributed by atoms with Crippen molar-refractivity contribution >= 4 is 5.91 Å². The highest BCUT2D eigenvalue weighted by Gasteiger charge is 2.40. The lowest BCUT2D eigenvalue weighted by Gasteiger charge is -2.40. The largest absolute Gasteiger partial charge is 0.359 e. The van der Waals surface area contributed by atoms with Crippen molar-refractivity contribution in [3.05, 3.63) is 0 Å². The molecule has 3 heteroatoms. The highest BCUT2D eigenvalue weighted by molar-refractivity contribution is 5.82. The van der Waals surface area contributed by atoms with Crippen molar-refractivity contribution < 1.29 is 4.79 Å². The van der Waals surface area contributed by atoms with Gasteiger partial charge in [0, 0.05) is 7.05 Å². The van der Waals surface area contributed by atoms with Crippen LogP contribution in [0.2, 0.25) is 0 Å². The number of nitrogens with one attached hydrogen (secondary N) is 1. The van der Waals surface area contributed by atoms with E-state index in [9.17, 15) is 4.79 Å². The second-order valence-corrected chi connectivity index (χ2v) is 5.26. The summed E-state index contributed by atoms with van der Waals surface area (Å²) in [5, 5.41) is 2.84. The van der Waals surface area contributed by atoms with Crippen molar-refractivity contribution in [1.82, 2.24) is 10.2 Å². The fraction of sp³-hybridized carbons (Fsp3) is 0.917. The Morgan fingerprint density at radius 3 is 2.33 bits per heavy atom. The van der Waals surface area contributed by atoms with Gasteiger partial charge in [0.05, 0.1) is 5.41 Å². The number of nitrogens with zero attached hydrogens (tertiary/aromatic N) is 1. The third-order valence-electron chi connectivity index (χ3n) is 3.45. The van der Waals surface area contributed by atoms with Crippen LogP contribution < -0.4 is 5.32 Å². The van der Waals surface area contributed by atoms with Gasteiger partial charge in [-0.1, -0.05) is 13.8 Å². The van der Waals surface area contributed by atoms with Gasteiger partial charge >= 0.3 is 0 Å². The number of carbonyl (C=O) groups excluding carboxylic acids is 1. The summed E-state index contributed by atoms with van der Waals surface area (Å²) < 4.78 is 0. The van der Waals surface area contributed by atoms with Crippen molar-refractivity contribution in [1.29, 1.82) is 0 Å². The van der Waals surface area contributed by atoms with E-state index in [0.29, 0.717) is 5.92 Å². The Kier molecular flexibility index (Phi) is 4.14. The smallest absolute Gasteiger partial charge is 0.226 e. The fourth-order valence-corrected chi connectivity index (χ4v) is 2.62. The Morgan fingerprint density at radius 2 is 1.93 bits per heavy atom. The fourth-order valence-electron chi connectivity index (χ4n) is 2.62. The number of hydrogen-bond donors (Lipinski definition) is 1. The van der Waals surface area contributed by atoms with Crippen LogP contribution in [0.5, 0.6) is 0 Å². The molecule has 1 heterocycles. The van der Waals surface area contributed by atoms with Gasteiger partial charge in [-0.15, -0.1) is 0 Å². The SMILES string of the molecule is CNC(=O)C1(CC(C)C)CCN(C)CC1. The zero-order chi connectivity index (χ0) is 11.5. The van der Waals surface area contributed by atoms with Crippen LogP contribution in [-0.2, 0) is 4.79 Å². The second kappa shape index (κ2) is 4.97. The molecule has 1 aliphatic heterocycles. The molecule has 0 saturated carbocycles. The lowest BCUT2D eigenvalue weighted by molar-refractivity contribution is -0.134. The van der Waals surface area contributed by atoms with Gasteiger partial charge in [0.1, 0.15) is 0 Å². The quantitative estimate of drug-likeness (QED) is 0.768. The summed E-state index contributed by atoms with van der Waals surface area (Å²) in [6.45, 7) is 6.48. The van der Waals surface area contributed by atoms with Crippen LogP contribution in [0.1, 0.15) is 33.1 Å². The van der Waals surface area contributed by atoms with Gasteiger partial charge in [-0.2, -0.15) is 0 Å². The molecule has 88 valence electrons. The molecular weight excluding hydrogens is 188 g/mol. The standard InChI is InChI=1S/C12H24N2O/c1-10(2)9-12(11(15)13-3)5-7-14(4)8-6-12/h10H,5-9H2,1-4H3,(H,13,15). The molecule has 0 aliphatic carbocycles. The zero-order valence-corrected chi connectivity index (χ0v) is 10.5. The molecule has 1 amide bonds. The summed E-state index contributed by atoms with van der Waals surface area (Å²) in [7, 11) is 3.88. The van der Waals surface area contributed by atoms with Gasteiger partial charge in [0.15, 0.2) is 0 Å². The van der Waals surface area contributed by atoms with Crippen LogP contribution in [0.25, 0.3) is 0 Å². The van der Waals surface area contributed by atoms with Crippen molar-refractivity contribution in [3.8, 4) is 0 Å². The van der Waals surface area contributed by atoms with Crippen molar-refractivity contribution in [2.75, 3.05) is 27.2 Å². The molecule has 15 heavy (non-hydrogen) atoms. The van der Waals surface area contributed by atoms with Crippen LogP contribution in [0.4, 0.5) is 0 Å². The highest BCUT2D eigenvalue weighted by Crippen LogP contribution is 2.37. The molecule has 1 rings (SSSR count). The van der Waals surface area contributed by atoms with Crippen LogP contribution in [0, 0.1) is 11.3 Å². The van der Waals surface area contributed by atoms with Crippen molar-refractivity contribution in [2.24, 2.45) is 11.3 Å². The van der Waals surface area contributed by atoms with Gasteiger partial charge in [-0.3, -0.25) is 4.79 Å². The first-order valence-electron chi connectivity index (χ1n) is 5.91. The number of piperidine rings is 1. The van der Waals surface area contributed by atoms with Gasteiger partial charge < -0.3 is 10.2 Å². The van der Waals surface area contributed by atoms with E-state index in [1.807, 2.05) is 0 Å². The van der Waals surface area contributed by atoms with Crippen LogP contribution in [0.3, 0.4) is 0 Å². The minimum absolute atomic E-state index is 0.102. The topological polar surface area (TPSA) is 32.3 Å². The van der Waals surface area contributed by atoms with E-state index < -0.39 is 0 Å². The second-order valence-electron chi connectivity index (χ2n) is 5.26. The molecule has 0 aromatic carbocycles. The lowest BCUT2D eigenvalue weighted by atomic mass is 9.72. The molecule has 0 atom stereocenters. The first kappa shape index (κ1) is 12.5. The summed E-state index contributed by atoms with van der Waals surface area (Å²) in [6, 6.07) is 0. The lowest BCUT2D eigenvalue weighted by Crippen LogP contribution is -2.47. The Labute approximate surface area is 93.2 Å². The Bertz CT molecular complexity index is 218. The molecule has 3 nitrogen and oxygen atoms in total. The molecule has 0 unspecified atom stereocenters. The minimum atomic E-state index is -0.102. The van der Waals surface area contributed by atoms with E-state index in [4.69, 9.17) is 0 Å². The summed E-state index contributed by atoms with van der Waals surface area (Å²) >= 11 is 0. The molecule has 1 aliphatic rings. The number of hydrogen-bond acceptors (Lipinski definition) is 2. The third kappa shape index (κ3) is 2.94. The van der Waals surface area contributed by atoms with Crippen molar-refractivity contribution in [2.45, 2.75) is 33.1 Å². The molecule has 1 N–H and O–H groups in total. The predicted octanol–water partition coefficient (Wildman–Crippen LogP) is 1.49. The van der Waals surface area contributed by atoms with E-state index in [1.54, 1.807) is 7.05 Å². The predicted molar refractivity (Wildman–Crippen MR) is 62.7 cm³/mol. The molecule has 0 radical (unpaired) electrons. The number of rotatable bonds is 3. The van der Waals surface area contributed by atoms with Crippen LogP contribution in [0.15, 0.2) is 0 Å². The monoisotopic (exact) mass is 212 g/mol. The molecule has 1 saturated heterocycles. The van der Waals surface area contributed by atoms with E-state index >= 15 is 0 Å². The third-order valence-corrected chi connectivity index (χ3v) is 3.45. The molecule has 0 spiro atoms. The van der Waals surface area contributed by atoms with Gasteiger partial charge in [0.2, 0.25) is 5.91 Å². The van der Waals surface area contributed by atoms with Crippen molar-refractivity contribution in [3.63, 3.8) is 0 Å². The average molecular weight is 212 g/mol. The number of likely N-dealkylation sites (tertiary alicyclic amines) is 1. The highest BCUT2D eigenvalue weighted by atomic mass is 16.2. The summed E-state index contributed by atoms with van der Waals surface area (Å²) in [5.41, 5.74) is -0.102. The van der Waals surface area contributed by atoms with Gasteiger partial charge in [-0.05, 0) is 45.3 Å². The Morgan fingerprint density at radius 1 is 1.40 bits per heavy atom. The summed E-state index contributed by atoms with van der Waals surface area (Å²) in [6.07, 6.45) is 3.02. The maximum absolute atomic E-state index is 12.0. The average Bonchev–Trinajstić information content (AvgIpc) is 2.20. The van der Waals surface area contributed by atoms with E-state index in [2.05, 4.69) is 31.1 Å². The van der Waals surface area contributed by atoms with Crippen LogP contribution >= 0.6 is 0 Å². The van der Waals surface area contributed by atoms with E-state index in [-0.39, 0.29) is 11.3 Å². The first-order chi connectivity index (χ1) is 7.00. The number of amides is 1. The molecule has 0 aromatic heterocycles. The van der Waals surface area contributed by atoms with E-state index in [1.165, 1.54) is 0 Å². The van der Waals surface area contributed by atoms with Crippen LogP contribution in [-0.4, -0.2) is 38.0 Å². The maximum atomic E-state index is 12.0. The van der Waals surface area contributed by atoms with Gasteiger partial charge in [-0.25, -0.2) is 0 Å². The molecule has 0 aromatic rings. The maximum Gasteiger partial charge on any atom is 0.226 e. The number of carbonyl (C=O) groups is 1. The van der Waals surface area contributed by atoms with Gasteiger partial charge in [0.25, 0.3) is 0 Å². The Hall–Kier alpha value is -0.570. The summed E-state index contributed by atoms with van der Waals surface area (Å²) in [5.74, 6) is 0.829. The normalized spacial score (nSPS) is 21.7. The molecular formula is C12H24N2O. The Balaban J connectivity index is 2.73. The zero-order valence-electron chi connectivity index (χ0n) is 10.5.